The Kier molecular flexibility index (Phi) is 45.7. The van der Waals surface area contributed by atoms with E-state index in [1.807, 2.05) is 6.08 Å². The lowest BCUT2D eigenvalue weighted by Gasteiger charge is -2.19. The van der Waals surface area contributed by atoms with Gasteiger partial charge in [-0.3, -0.25) is 9.59 Å². The average Bonchev–Trinajstić information content (AvgIpc) is 3.22. The van der Waals surface area contributed by atoms with Gasteiger partial charge in [0.1, 0.15) is 0 Å². The second-order valence-electron chi connectivity index (χ2n) is 16.8. The molecular weight excluding hydrogens is 719 g/mol. The van der Waals surface area contributed by atoms with E-state index in [1.165, 1.54) is 135 Å². The van der Waals surface area contributed by atoms with Crippen LogP contribution in [0.4, 0.5) is 0 Å². The van der Waals surface area contributed by atoms with Gasteiger partial charge in [-0.15, -0.1) is 0 Å². The lowest BCUT2D eigenvalue weighted by atomic mass is 10.0. The first-order chi connectivity index (χ1) is 28.5. The van der Waals surface area contributed by atoms with Gasteiger partial charge in [-0.2, -0.15) is 0 Å². The largest absolute Gasteiger partial charge is 0.466 e. The third-order valence-corrected chi connectivity index (χ3v) is 11.0. The Morgan fingerprint density at radius 2 is 0.914 bits per heavy atom. The van der Waals surface area contributed by atoms with Gasteiger partial charge in [0, 0.05) is 12.8 Å². The van der Waals surface area contributed by atoms with Gasteiger partial charge >= 0.3 is 5.97 Å². The van der Waals surface area contributed by atoms with Crippen molar-refractivity contribution in [3.63, 3.8) is 0 Å². The number of nitrogens with one attached hydrogen (secondary N) is 1. The highest BCUT2D eigenvalue weighted by Gasteiger charge is 2.17. The molecule has 2 atom stereocenters. The lowest BCUT2D eigenvalue weighted by Crippen LogP contribution is -2.45. The van der Waals surface area contributed by atoms with Crippen molar-refractivity contribution in [1.82, 2.24) is 5.32 Å². The summed E-state index contributed by atoms with van der Waals surface area (Å²) in [5.74, 6) is -0.184. The van der Waals surface area contributed by atoms with Crippen molar-refractivity contribution in [2.24, 2.45) is 0 Å². The summed E-state index contributed by atoms with van der Waals surface area (Å²) in [6.07, 6.45) is 58.3. The maximum absolute atomic E-state index is 12.4. The van der Waals surface area contributed by atoms with Crippen molar-refractivity contribution >= 4 is 11.9 Å². The minimum absolute atomic E-state index is 0.0541. The topological polar surface area (TPSA) is 95.9 Å². The Bertz CT molecular complexity index is 988. The van der Waals surface area contributed by atoms with Gasteiger partial charge < -0.3 is 20.3 Å². The van der Waals surface area contributed by atoms with Crippen molar-refractivity contribution in [1.29, 1.82) is 0 Å². The normalized spacial score (nSPS) is 13.1. The van der Waals surface area contributed by atoms with Gasteiger partial charge in [0.2, 0.25) is 5.91 Å². The number of aliphatic hydroxyl groups excluding tert-OH is 2. The molecule has 0 radical (unpaired) electrons. The number of amides is 1. The van der Waals surface area contributed by atoms with Gasteiger partial charge in [0.25, 0.3) is 0 Å². The molecule has 338 valence electrons. The molecule has 2 unspecified atom stereocenters. The zero-order valence-electron chi connectivity index (χ0n) is 38.3. The number of carbonyl (C=O) groups is 2. The summed E-state index contributed by atoms with van der Waals surface area (Å²) in [6.45, 7) is 4.73. The van der Waals surface area contributed by atoms with Crippen LogP contribution in [0.15, 0.2) is 48.6 Å². The first kappa shape index (κ1) is 55.8. The molecule has 0 saturated heterocycles. The van der Waals surface area contributed by atoms with Gasteiger partial charge in [0.05, 0.1) is 25.4 Å². The van der Waals surface area contributed by atoms with E-state index in [0.29, 0.717) is 19.4 Å². The van der Waals surface area contributed by atoms with Crippen LogP contribution in [0.3, 0.4) is 0 Å². The molecule has 0 spiro atoms. The van der Waals surface area contributed by atoms with Crippen LogP contribution in [-0.2, 0) is 14.3 Å². The molecule has 0 saturated carbocycles. The Morgan fingerprint density at radius 3 is 1.43 bits per heavy atom. The highest BCUT2D eigenvalue weighted by Crippen LogP contribution is 2.15. The minimum atomic E-state index is -0.877. The number of ether oxygens (including phenoxy) is 1. The van der Waals surface area contributed by atoms with E-state index in [1.54, 1.807) is 6.08 Å². The van der Waals surface area contributed by atoms with E-state index < -0.39 is 12.1 Å². The van der Waals surface area contributed by atoms with Crippen LogP contribution in [0.25, 0.3) is 0 Å². The van der Waals surface area contributed by atoms with E-state index in [0.717, 1.165) is 83.5 Å². The Hall–Kier alpha value is -2.18. The van der Waals surface area contributed by atoms with E-state index in [-0.39, 0.29) is 18.5 Å². The SMILES string of the molecule is CCC/C=C\C/C=C\CCCCCCCC(=O)OCCCCCC/C=C\CCCC(=O)NC(CO)C(O)/C=C/CCCCCCCCCCCCCCCCCCC. The number of esters is 1. The molecule has 0 aromatic carbocycles. The predicted molar refractivity (Wildman–Crippen MR) is 250 cm³/mol. The second-order valence-corrected chi connectivity index (χ2v) is 16.8. The molecule has 6 nitrogen and oxygen atoms in total. The number of hydrogen-bond acceptors (Lipinski definition) is 5. The van der Waals surface area contributed by atoms with Crippen molar-refractivity contribution in [2.45, 2.75) is 257 Å². The fourth-order valence-corrected chi connectivity index (χ4v) is 7.20. The van der Waals surface area contributed by atoms with E-state index in [9.17, 15) is 19.8 Å². The van der Waals surface area contributed by atoms with Crippen molar-refractivity contribution < 1.29 is 24.5 Å². The number of unbranched alkanes of at least 4 members (excludes halogenated alkanes) is 28. The lowest BCUT2D eigenvalue weighted by molar-refractivity contribution is -0.143. The molecule has 58 heavy (non-hydrogen) atoms. The molecule has 3 N–H and O–H groups in total. The van der Waals surface area contributed by atoms with Gasteiger partial charge in [-0.05, 0) is 77.0 Å². The van der Waals surface area contributed by atoms with Crippen LogP contribution in [0.2, 0.25) is 0 Å². The smallest absolute Gasteiger partial charge is 0.305 e. The summed E-state index contributed by atoms with van der Waals surface area (Å²) >= 11 is 0. The third-order valence-electron chi connectivity index (χ3n) is 11.0. The third kappa shape index (κ3) is 43.4. The molecular formula is C52H95NO5. The van der Waals surface area contributed by atoms with Crippen molar-refractivity contribution in [3.8, 4) is 0 Å². The first-order valence-electron chi connectivity index (χ1n) is 24.9. The fraction of sp³-hybridized carbons (Fsp3) is 0.808. The van der Waals surface area contributed by atoms with Crippen LogP contribution >= 0.6 is 0 Å². The van der Waals surface area contributed by atoms with Crippen LogP contribution in [-0.4, -0.2) is 47.4 Å². The first-order valence-corrected chi connectivity index (χ1v) is 24.9. The fourth-order valence-electron chi connectivity index (χ4n) is 7.20. The van der Waals surface area contributed by atoms with Crippen molar-refractivity contribution in [2.75, 3.05) is 13.2 Å². The minimum Gasteiger partial charge on any atom is -0.466 e. The summed E-state index contributed by atoms with van der Waals surface area (Å²) < 4.78 is 5.42. The van der Waals surface area contributed by atoms with Crippen LogP contribution in [0.1, 0.15) is 245 Å². The average molecular weight is 814 g/mol. The zero-order valence-corrected chi connectivity index (χ0v) is 38.3. The van der Waals surface area contributed by atoms with E-state index in [2.05, 4.69) is 55.6 Å². The summed E-state index contributed by atoms with van der Waals surface area (Å²) in [6, 6.07) is -0.667. The Morgan fingerprint density at radius 1 is 0.483 bits per heavy atom. The molecule has 0 fully saturated rings. The van der Waals surface area contributed by atoms with Gasteiger partial charge in [-0.1, -0.05) is 204 Å². The second kappa shape index (κ2) is 47.5. The van der Waals surface area contributed by atoms with Crippen molar-refractivity contribution in [3.05, 3.63) is 48.6 Å². The number of rotatable bonds is 45. The molecule has 6 heteroatoms. The van der Waals surface area contributed by atoms with Crippen LogP contribution < -0.4 is 5.32 Å². The standard InChI is InChI=1S/C52H95NO5/c1-3-5-7-9-11-13-15-17-18-19-20-21-22-24-25-28-32-36-40-44-50(55)49(48-54)53-51(56)45-41-37-33-29-27-31-35-39-43-47-58-52(57)46-42-38-34-30-26-23-16-14-12-10-8-6-4-2/h8,10,14,16,29,33,40,44,49-50,54-55H,3-7,9,11-13,15,17-28,30-32,34-39,41-43,45-48H2,1-2H3,(H,53,56)/b10-8-,16-14-,33-29-,44-40+. The van der Waals surface area contributed by atoms with Crippen LogP contribution in [0.5, 0.6) is 0 Å². The van der Waals surface area contributed by atoms with E-state index in [4.69, 9.17) is 4.74 Å². The summed E-state index contributed by atoms with van der Waals surface area (Å²) in [5.41, 5.74) is 0. The molecule has 1 amide bonds. The quantitative estimate of drug-likeness (QED) is 0.0323. The highest BCUT2D eigenvalue weighted by atomic mass is 16.5. The number of hydrogen-bond donors (Lipinski definition) is 3. The molecule has 0 rings (SSSR count). The summed E-state index contributed by atoms with van der Waals surface area (Å²) in [5, 5.41) is 23.0. The molecule has 0 aliphatic carbocycles. The maximum Gasteiger partial charge on any atom is 0.305 e. The summed E-state index contributed by atoms with van der Waals surface area (Å²) in [4.78, 5) is 24.4. The molecule has 0 heterocycles. The summed E-state index contributed by atoms with van der Waals surface area (Å²) in [7, 11) is 0. The van der Waals surface area contributed by atoms with Gasteiger partial charge in [0.15, 0.2) is 0 Å². The molecule has 0 bridgehead atoms. The van der Waals surface area contributed by atoms with Crippen LogP contribution in [0, 0.1) is 0 Å². The maximum atomic E-state index is 12.4. The monoisotopic (exact) mass is 814 g/mol. The molecule has 0 aromatic heterocycles. The zero-order chi connectivity index (χ0) is 42.3. The number of allylic oxidation sites excluding steroid dienone is 7. The number of carbonyl (C=O) groups excluding carboxylic acids is 2. The molecule has 0 aromatic rings. The van der Waals surface area contributed by atoms with E-state index >= 15 is 0 Å². The van der Waals surface area contributed by atoms with Gasteiger partial charge in [-0.25, -0.2) is 0 Å². The molecule has 0 aliphatic rings. The number of aliphatic hydroxyl groups is 2. The molecule has 0 aliphatic heterocycles. The highest BCUT2D eigenvalue weighted by molar-refractivity contribution is 5.76. The Labute approximate surface area is 359 Å². The Balaban J connectivity index is 3.61. The predicted octanol–water partition coefficient (Wildman–Crippen LogP) is 14.7.